The van der Waals surface area contributed by atoms with Crippen molar-refractivity contribution in [2.24, 2.45) is 7.05 Å². The first-order chi connectivity index (χ1) is 12.2. The second-order valence-corrected chi connectivity index (χ2v) is 6.60. The second kappa shape index (κ2) is 6.79. The van der Waals surface area contributed by atoms with E-state index in [1.807, 2.05) is 7.05 Å². The molecule has 1 unspecified atom stereocenters. The zero-order chi connectivity index (χ0) is 19.1. The Morgan fingerprint density at radius 3 is 2.88 bits per heavy atom. The zero-order valence-electron chi connectivity index (χ0n) is 13.8. The van der Waals surface area contributed by atoms with Crippen LogP contribution in [0, 0.1) is 0 Å². The van der Waals surface area contributed by atoms with Gasteiger partial charge in [-0.3, -0.25) is 14.3 Å². The van der Waals surface area contributed by atoms with Gasteiger partial charge < -0.3 is 9.88 Å². The molecule has 1 aliphatic rings. The summed E-state index contributed by atoms with van der Waals surface area (Å²) in [6.45, 7) is -0.547. The van der Waals surface area contributed by atoms with Gasteiger partial charge in [-0.15, -0.1) is 0 Å². The molecule has 1 atom stereocenters. The molecule has 10 heteroatoms. The third-order valence-electron chi connectivity index (χ3n) is 4.39. The van der Waals surface area contributed by atoms with Crippen LogP contribution in [-0.4, -0.2) is 20.3 Å². The number of hydrogen-bond acceptors (Lipinski definition) is 3. The Labute approximate surface area is 151 Å². The van der Waals surface area contributed by atoms with Crippen LogP contribution < -0.4 is 10.9 Å². The molecule has 2 aromatic heterocycles. The van der Waals surface area contributed by atoms with Gasteiger partial charge in [-0.25, -0.2) is 0 Å². The van der Waals surface area contributed by atoms with Gasteiger partial charge in [0.1, 0.15) is 11.6 Å². The lowest BCUT2D eigenvalue weighted by molar-refractivity contribution is -0.138. The Morgan fingerprint density at radius 2 is 2.19 bits per heavy atom. The predicted octanol–water partition coefficient (Wildman–Crippen LogP) is 2.45. The third-order valence-corrected chi connectivity index (χ3v) is 4.67. The lowest BCUT2D eigenvalue weighted by atomic mass is 9.93. The molecule has 1 amide bonds. The Morgan fingerprint density at radius 1 is 1.46 bits per heavy atom. The number of aryl methyl sites for hydroxylation is 1. The summed E-state index contributed by atoms with van der Waals surface area (Å²) in [5.74, 6) is -0.566. The topological polar surface area (TPSA) is 68.9 Å². The number of carbonyl (C=O) groups is 1. The highest BCUT2D eigenvalue weighted by Crippen LogP contribution is 2.30. The van der Waals surface area contributed by atoms with Crippen LogP contribution in [0.1, 0.15) is 35.7 Å². The molecule has 0 bridgehead atoms. The van der Waals surface area contributed by atoms with Gasteiger partial charge in [-0.05, 0) is 25.3 Å². The highest BCUT2D eigenvalue weighted by Gasteiger charge is 2.32. The fraction of sp³-hybridized carbons (Fsp3) is 0.438. The molecule has 0 radical (unpaired) electrons. The van der Waals surface area contributed by atoms with Gasteiger partial charge in [-0.2, -0.15) is 18.3 Å². The van der Waals surface area contributed by atoms with Crippen LogP contribution in [0.2, 0.25) is 5.02 Å². The van der Waals surface area contributed by atoms with Crippen LogP contribution in [0.15, 0.2) is 23.3 Å². The summed E-state index contributed by atoms with van der Waals surface area (Å²) >= 11 is 5.59. The summed E-state index contributed by atoms with van der Waals surface area (Å²) < 4.78 is 41.0. The first-order valence-corrected chi connectivity index (χ1v) is 8.32. The van der Waals surface area contributed by atoms with Crippen molar-refractivity contribution in [1.82, 2.24) is 19.7 Å². The smallest absolute Gasteiger partial charge is 0.348 e. The van der Waals surface area contributed by atoms with Gasteiger partial charge in [0.05, 0.1) is 17.8 Å². The van der Waals surface area contributed by atoms with E-state index >= 15 is 0 Å². The largest absolute Gasteiger partial charge is 0.417 e. The number of rotatable bonds is 3. The SMILES string of the molecule is Cn1ncc2c1CCCC2NC(=O)Cn1cc(C(F)(F)F)cc(Cl)c1=O. The minimum atomic E-state index is -4.66. The molecule has 0 saturated carbocycles. The van der Waals surface area contributed by atoms with Crippen molar-refractivity contribution in [3.63, 3.8) is 0 Å². The van der Waals surface area contributed by atoms with Gasteiger partial charge in [0, 0.05) is 24.5 Å². The number of nitrogens with one attached hydrogen (secondary N) is 1. The van der Waals surface area contributed by atoms with Gasteiger partial charge in [0.2, 0.25) is 5.91 Å². The highest BCUT2D eigenvalue weighted by atomic mass is 35.5. The third kappa shape index (κ3) is 3.62. The van der Waals surface area contributed by atoms with E-state index < -0.39 is 34.8 Å². The van der Waals surface area contributed by atoms with Gasteiger partial charge in [0.25, 0.3) is 5.56 Å². The zero-order valence-corrected chi connectivity index (χ0v) is 14.6. The fourth-order valence-electron chi connectivity index (χ4n) is 3.12. The van der Waals surface area contributed by atoms with Gasteiger partial charge >= 0.3 is 6.18 Å². The summed E-state index contributed by atoms with van der Waals surface area (Å²) in [5.41, 5.74) is -0.0232. The average Bonchev–Trinajstić information content (AvgIpc) is 2.93. The molecule has 0 aliphatic heterocycles. The molecule has 140 valence electrons. The van der Waals surface area contributed by atoms with E-state index in [1.165, 1.54) is 0 Å². The van der Waals surface area contributed by atoms with Crippen molar-refractivity contribution in [2.45, 2.75) is 38.0 Å². The molecule has 6 nitrogen and oxygen atoms in total. The Balaban J connectivity index is 1.79. The number of amides is 1. The molecule has 2 heterocycles. The van der Waals surface area contributed by atoms with Gasteiger partial charge in [-0.1, -0.05) is 11.6 Å². The molecule has 0 aromatic carbocycles. The summed E-state index contributed by atoms with van der Waals surface area (Å²) in [7, 11) is 1.81. The monoisotopic (exact) mass is 388 g/mol. The van der Waals surface area contributed by atoms with Crippen LogP contribution in [-0.2, 0) is 31.0 Å². The van der Waals surface area contributed by atoms with E-state index in [-0.39, 0.29) is 6.04 Å². The lowest BCUT2D eigenvalue weighted by Gasteiger charge is -2.24. The van der Waals surface area contributed by atoms with Crippen molar-refractivity contribution in [2.75, 3.05) is 0 Å². The summed E-state index contributed by atoms with van der Waals surface area (Å²) in [4.78, 5) is 24.2. The molecular weight excluding hydrogens is 373 g/mol. The molecule has 1 aliphatic carbocycles. The Hall–Kier alpha value is -2.29. The number of hydrogen-bond donors (Lipinski definition) is 1. The molecule has 1 N–H and O–H groups in total. The molecule has 0 fully saturated rings. The minimum absolute atomic E-state index is 0.281. The number of fused-ring (bicyclic) bond motifs is 1. The number of halogens is 4. The van der Waals surface area contributed by atoms with Crippen LogP contribution in [0.5, 0.6) is 0 Å². The summed E-state index contributed by atoms with van der Waals surface area (Å²) in [5, 5.41) is 6.35. The Bertz CT molecular complexity index is 904. The first kappa shape index (κ1) is 18.5. The number of carbonyl (C=O) groups excluding carboxylic acids is 1. The molecular formula is C16H16ClF3N4O2. The Kier molecular flexibility index (Phi) is 4.83. The van der Waals surface area contributed by atoms with E-state index in [0.29, 0.717) is 23.3 Å². The quantitative estimate of drug-likeness (QED) is 0.878. The number of alkyl halides is 3. The lowest BCUT2D eigenvalue weighted by Crippen LogP contribution is -2.36. The van der Waals surface area contributed by atoms with E-state index in [1.54, 1.807) is 10.9 Å². The average molecular weight is 389 g/mol. The summed E-state index contributed by atoms with van der Waals surface area (Å²) in [6.07, 6.45) is 0.0108. The molecule has 0 saturated heterocycles. The van der Waals surface area contributed by atoms with E-state index in [9.17, 15) is 22.8 Å². The van der Waals surface area contributed by atoms with E-state index in [0.717, 1.165) is 24.1 Å². The van der Waals surface area contributed by atoms with Crippen LogP contribution >= 0.6 is 11.6 Å². The molecule has 26 heavy (non-hydrogen) atoms. The molecule has 0 spiro atoms. The van der Waals surface area contributed by atoms with E-state index in [2.05, 4.69) is 10.4 Å². The minimum Gasteiger partial charge on any atom is -0.348 e. The number of aromatic nitrogens is 3. The molecule has 3 rings (SSSR count). The van der Waals surface area contributed by atoms with Gasteiger partial charge in [0.15, 0.2) is 0 Å². The maximum atomic E-state index is 12.9. The normalized spacial score (nSPS) is 17.0. The molecule has 2 aromatic rings. The highest BCUT2D eigenvalue weighted by molar-refractivity contribution is 6.30. The van der Waals surface area contributed by atoms with Crippen molar-refractivity contribution in [3.05, 3.63) is 50.7 Å². The fourth-order valence-corrected chi connectivity index (χ4v) is 3.35. The van der Waals surface area contributed by atoms with Crippen LogP contribution in [0.3, 0.4) is 0 Å². The maximum absolute atomic E-state index is 12.9. The number of pyridine rings is 1. The predicted molar refractivity (Wildman–Crippen MR) is 87.7 cm³/mol. The van der Waals surface area contributed by atoms with Crippen molar-refractivity contribution in [3.8, 4) is 0 Å². The van der Waals surface area contributed by atoms with Crippen LogP contribution in [0.25, 0.3) is 0 Å². The summed E-state index contributed by atoms with van der Waals surface area (Å²) in [6, 6.07) is 0.276. The second-order valence-electron chi connectivity index (χ2n) is 6.19. The number of nitrogens with zero attached hydrogens (tertiary/aromatic N) is 3. The van der Waals surface area contributed by atoms with Crippen LogP contribution in [0.4, 0.5) is 13.2 Å². The van der Waals surface area contributed by atoms with Crippen molar-refractivity contribution < 1.29 is 18.0 Å². The van der Waals surface area contributed by atoms with Crippen molar-refractivity contribution in [1.29, 1.82) is 0 Å². The van der Waals surface area contributed by atoms with Crippen molar-refractivity contribution >= 4 is 17.5 Å². The maximum Gasteiger partial charge on any atom is 0.417 e. The van der Waals surface area contributed by atoms with E-state index in [4.69, 9.17) is 11.6 Å². The standard InChI is InChI=1S/C16H16ClF3N4O2/c1-23-13-4-2-3-12(10(13)6-21-23)22-14(25)8-24-7-9(16(18,19)20)5-11(17)15(24)26/h5-7,12H,2-4,8H2,1H3,(H,22,25). The first-order valence-electron chi connectivity index (χ1n) is 7.94.